The molecule has 0 aliphatic carbocycles. The van der Waals surface area contributed by atoms with Crippen molar-refractivity contribution in [3.8, 4) is 0 Å². The van der Waals surface area contributed by atoms with E-state index in [1.165, 1.54) is 18.2 Å². The first kappa shape index (κ1) is 20.5. The molecular weight excluding hydrogens is 395 g/mol. The molecule has 0 spiro atoms. The predicted molar refractivity (Wildman–Crippen MR) is 105 cm³/mol. The summed E-state index contributed by atoms with van der Waals surface area (Å²) in [5, 5.41) is 3.58. The molecule has 0 aliphatic heterocycles. The number of rotatable bonds is 7. The van der Waals surface area contributed by atoms with Crippen LogP contribution in [0.25, 0.3) is 6.08 Å². The number of sulfonamides is 1. The van der Waals surface area contributed by atoms with Crippen molar-refractivity contribution in [3.05, 3.63) is 69.7 Å². The quantitative estimate of drug-likeness (QED) is 0.540. The van der Waals surface area contributed by atoms with E-state index in [4.69, 9.17) is 23.2 Å². The highest BCUT2D eigenvalue weighted by atomic mass is 35.5. The van der Waals surface area contributed by atoms with Crippen molar-refractivity contribution < 1.29 is 13.2 Å². The Morgan fingerprint density at radius 3 is 2.46 bits per heavy atom. The topological polar surface area (TPSA) is 75.3 Å². The van der Waals surface area contributed by atoms with E-state index >= 15 is 0 Å². The SMILES string of the molecule is Cc1ccc(S(=O)(=O)NCCNC(=O)/C=C/c2cc(Cl)ccc2Cl)cc1. The summed E-state index contributed by atoms with van der Waals surface area (Å²) >= 11 is 11.9. The van der Waals surface area contributed by atoms with Gasteiger partial charge >= 0.3 is 0 Å². The lowest BCUT2D eigenvalue weighted by molar-refractivity contribution is -0.116. The van der Waals surface area contributed by atoms with Crippen LogP contribution in [0.2, 0.25) is 10.0 Å². The number of carbonyl (C=O) groups excluding carboxylic acids is 1. The lowest BCUT2D eigenvalue weighted by atomic mass is 10.2. The van der Waals surface area contributed by atoms with Crippen LogP contribution in [0.5, 0.6) is 0 Å². The van der Waals surface area contributed by atoms with Crippen molar-refractivity contribution in [3.63, 3.8) is 0 Å². The van der Waals surface area contributed by atoms with E-state index < -0.39 is 10.0 Å². The molecule has 0 aromatic heterocycles. The van der Waals surface area contributed by atoms with Gasteiger partial charge in [-0.1, -0.05) is 40.9 Å². The Morgan fingerprint density at radius 2 is 1.77 bits per heavy atom. The van der Waals surface area contributed by atoms with E-state index in [2.05, 4.69) is 10.0 Å². The largest absolute Gasteiger partial charge is 0.351 e. The summed E-state index contributed by atoms with van der Waals surface area (Å²) in [5.41, 5.74) is 1.59. The number of hydrogen-bond donors (Lipinski definition) is 2. The molecular formula is C18H18Cl2N2O3S. The lowest BCUT2D eigenvalue weighted by Gasteiger charge is -2.07. The van der Waals surface area contributed by atoms with E-state index in [1.807, 2.05) is 6.92 Å². The molecule has 0 bridgehead atoms. The van der Waals surface area contributed by atoms with Crippen LogP contribution in [-0.4, -0.2) is 27.4 Å². The predicted octanol–water partition coefficient (Wildman–Crippen LogP) is 3.41. The smallest absolute Gasteiger partial charge is 0.244 e. The molecule has 0 heterocycles. The van der Waals surface area contributed by atoms with Crippen LogP contribution in [0.1, 0.15) is 11.1 Å². The second-order valence-electron chi connectivity index (χ2n) is 5.50. The molecule has 1 amide bonds. The van der Waals surface area contributed by atoms with Gasteiger partial charge in [-0.2, -0.15) is 0 Å². The third-order valence-corrected chi connectivity index (χ3v) is 5.48. The molecule has 0 saturated carbocycles. The molecule has 0 atom stereocenters. The Balaban J connectivity index is 1.82. The van der Waals surface area contributed by atoms with E-state index in [0.717, 1.165) is 5.56 Å². The first-order valence-electron chi connectivity index (χ1n) is 7.75. The Kier molecular flexibility index (Phi) is 7.23. The Morgan fingerprint density at radius 1 is 1.08 bits per heavy atom. The second-order valence-corrected chi connectivity index (χ2v) is 8.11. The maximum absolute atomic E-state index is 12.1. The molecule has 0 radical (unpaired) electrons. The number of carbonyl (C=O) groups is 1. The molecule has 2 rings (SSSR count). The van der Waals surface area contributed by atoms with Gasteiger partial charge in [0.25, 0.3) is 0 Å². The van der Waals surface area contributed by atoms with Gasteiger partial charge in [-0.25, -0.2) is 13.1 Å². The zero-order valence-electron chi connectivity index (χ0n) is 14.0. The highest BCUT2D eigenvalue weighted by Crippen LogP contribution is 2.21. The third-order valence-electron chi connectivity index (χ3n) is 3.42. The normalized spacial score (nSPS) is 11.7. The van der Waals surface area contributed by atoms with Crippen molar-refractivity contribution in [2.24, 2.45) is 0 Å². The number of halogens is 2. The van der Waals surface area contributed by atoms with Gasteiger partial charge in [0.2, 0.25) is 15.9 Å². The van der Waals surface area contributed by atoms with Crippen LogP contribution < -0.4 is 10.0 Å². The number of hydrogen-bond acceptors (Lipinski definition) is 3. The highest BCUT2D eigenvalue weighted by Gasteiger charge is 2.12. The van der Waals surface area contributed by atoms with Gasteiger partial charge in [-0.15, -0.1) is 0 Å². The van der Waals surface area contributed by atoms with Gasteiger partial charge in [0.05, 0.1) is 4.90 Å². The van der Waals surface area contributed by atoms with Crippen LogP contribution >= 0.6 is 23.2 Å². The molecule has 138 valence electrons. The minimum atomic E-state index is -3.59. The van der Waals surface area contributed by atoms with Gasteiger partial charge in [0, 0.05) is 29.2 Å². The molecule has 0 saturated heterocycles. The van der Waals surface area contributed by atoms with Crippen molar-refractivity contribution in [2.75, 3.05) is 13.1 Å². The first-order chi connectivity index (χ1) is 12.3. The summed E-state index contributed by atoms with van der Waals surface area (Å²) in [6, 6.07) is 11.5. The highest BCUT2D eigenvalue weighted by molar-refractivity contribution is 7.89. The Labute approximate surface area is 163 Å². The van der Waals surface area contributed by atoms with Gasteiger partial charge in [-0.3, -0.25) is 4.79 Å². The third kappa shape index (κ3) is 6.14. The van der Waals surface area contributed by atoms with Crippen molar-refractivity contribution in [2.45, 2.75) is 11.8 Å². The van der Waals surface area contributed by atoms with E-state index in [9.17, 15) is 13.2 Å². The zero-order chi connectivity index (χ0) is 19.2. The summed E-state index contributed by atoms with van der Waals surface area (Å²) in [4.78, 5) is 12.0. The molecule has 5 nitrogen and oxygen atoms in total. The zero-order valence-corrected chi connectivity index (χ0v) is 16.3. The molecule has 0 aliphatic rings. The van der Waals surface area contributed by atoms with Crippen molar-refractivity contribution in [1.29, 1.82) is 0 Å². The van der Waals surface area contributed by atoms with Crippen molar-refractivity contribution in [1.82, 2.24) is 10.0 Å². The molecule has 2 aromatic rings. The number of benzene rings is 2. The van der Waals surface area contributed by atoms with Gasteiger partial charge < -0.3 is 5.32 Å². The number of amides is 1. The van der Waals surface area contributed by atoms with Gasteiger partial charge in [-0.05, 0) is 48.9 Å². The van der Waals surface area contributed by atoms with Crippen LogP contribution in [0.15, 0.2) is 53.4 Å². The summed E-state index contributed by atoms with van der Waals surface area (Å²) in [6.07, 6.45) is 2.85. The van der Waals surface area contributed by atoms with E-state index in [1.54, 1.807) is 36.4 Å². The fraction of sp³-hybridized carbons (Fsp3) is 0.167. The van der Waals surface area contributed by atoms with Crippen LogP contribution in [0.3, 0.4) is 0 Å². The second kappa shape index (κ2) is 9.19. The summed E-state index contributed by atoms with van der Waals surface area (Å²) in [7, 11) is -3.59. The molecule has 26 heavy (non-hydrogen) atoms. The minimum Gasteiger partial charge on any atom is -0.351 e. The average Bonchev–Trinajstić information content (AvgIpc) is 2.60. The van der Waals surface area contributed by atoms with Crippen LogP contribution in [0.4, 0.5) is 0 Å². The Hall–Kier alpha value is -1.86. The molecule has 2 N–H and O–H groups in total. The molecule has 0 unspecified atom stereocenters. The fourth-order valence-corrected chi connectivity index (χ4v) is 3.43. The van der Waals surface area contributed by atoms with Gasteiger partial charge in [0.1, 0.15) is 0 Å². The van der Waals surface area contributed by atoms with Gasteiger partial charge in [0.15, 0.2) is 0 Å². The van der Waals surface area contributed by atoms with Crippen LogP contribution in [-0.2, 0) is 14.8 Å². The maximum Gasteiger partial charge on any atom is 0.244 e. The Bertz CT molecular complexity index is 911. The lowest BCUT2D eigenvalue weighted by Crippen LogP contribution is -2.34. The average molecular weight is 413 g/mol. The standard InChI is InChI=1S/C18H18Cl2N2O3S/c1-13-2-6-16(7-3-13)26(24,25)22-11-10-21-18(23)9-4-14-12-15(19)5-8-17(14)20/h2-9,12,22H,10-11H2,1H3,(H,21,23)/b9-4+. The summed E-state index contributed by atoms with van der Waals surface area (Å²) in [6.45, 7) is 2.11. The summed E-state index contributed by atoms with van der Waals surface area (Å²) < 4.78 is 26.6. The van der Waals surface area contributed by atoms with E-state index in [0.29, 0.717) is 15.6 Å². The first-order valence-corrected chi connectivity index (χ1v) is 9.99. The monoisotopic (exact) mass is 412 g/mol. The minimum absolute atomic E-state index is 0.0771. The number of aryl methyl sites for hydroxylation is 1. The molecule has 0 fully saturated rings. The number of nitrogens with one attached hydrogen (secondary N) is 2. The van der Waals surface area contributed by atoms with Crippen molar-refractivity contribution >= 4 is 45.2 Å². The van der Waals surface area contributed by atoms with Crippen LogP contribution in [0, 0.1) is 6.92 Å². The van der Waals surface area contributed by atoms with E-state index in [-0.39, 0.29) is 23.9 Å². The fourth-order valence-electron chi connectivity index (χ4n) is 2.04. The molecule has 8 heteroatoms. The summed E-state index contributed by atoms with van der Waals surface area (Å²) in [5.74, 6) is -0.365. The molecule has 2 aromatic carbocycles. The maximum atomic E-state index is 12.1.